The van der Waals surface area contributed by atoms with E-state index in [0.29, 0.717) is 23.7 Å². The Bertz CT molecular complexity index is 776. The molecule has 0 aliphatic carbocycles. The third kappa shape index (κ3) is 7.19. The van der Waals surface area contributed by atoms with Crippen molar-refractivity contribution in [2.45, 2.75) is 13.3 Å². The van der Waals surface area contributed by atoms with Crippen molar-refractivity contribution in [2.75, 3.05) is 26.9 Å². The Morgan fingerprint density at radius 2 is 1.81 bits per heavy atom. The molecule has 2 aromatic carbocycles. The van der Waals surface area contributed by atoms with E-state index in [4.69, 9.17) is 25.8 Å². The van der Waals surface area contributed by atoms with Gasteiger partial charge in [0.2, 0.25) is 0 Å². The first-order chi connectivity index (χ1) is 13.0. The molecule has 0 aliphatic heterocycles. The van der Waals surface area contributed by atoms with Gasteiger partial charge in [-0.25, -0.2) is 4.79 Å². The van der Waals surface area contributed by atoms with Crippen LogP contribution in [0, 0.1) is 6.92 Å². The standard InChI is InChI=1S/C20H22ClNO5/c1-14-3-8-17(21)18(11-14)26-13-20(24)27-12-19(23)22-10-9-15-4-6-16(25-2)7-5-15/h3-8,11H,9-10,12-13H2,1-2H3,(H,22,23). The Morgan fingerprint density at radius 1 is 1.07 bits per heavy atom. The van der Waals surface area contributed by atoms with Gasteiger partial charge in [-0.1, -0.05) is 29.8 Å². The maximum atomic E-state index is 11.7. The van der Waals surface area contributed by atoms with E-state index in [0.717, 1.165) is 16.9 Å². The minimum absolute atomic E-state index is 0.317. The highest BCUT2D eigenvalue weighted by Crippen LogP contribution is 2.25. The first-order valence-corrected chi connectivity index (χ1v) is 8.80. The van der Waals surface area contributed by atoms with Crippen LogP contribution in [0.2, 0.25) is 5.02 Å². The van der Waals surface area contributed by atoms with Crippen molar-refractivity contribution in [2.24, 2.45) is 0 Å². The molecule has 2 aromatic rings. The number of ether oxygens (including phenoxy) is 3. The number of rotatable bonds is 9. The molecule has 0 unspecified atom stereocenters. The number of hydrogen-bond donors (Lipinski definition) is 1. The molecule has 27 heavy (non-hydrogen) atoms. The number of benzene rings is 2. The lowest BCUT2D eigenvalue weighted by Crippen LogP contribution is -2.31. The lowest BCUT2D eigenvalue weighted by atomic mass is 10.1. The summed E-state index contributed by atoms with van der Waals surface area (Å²) in [5.41, 5.74) is 2.02. The van der Waals surface area contributed by atoms with Gasteiger partial charge in [-0.15, -0.1) is 0 Å². The second kappa shape index (κ2) is 10.4. The lowest BCUT2D eigenvalue weighted by Gasteiger charge is -2.09. The van der Waals surface area contributed by atoms with Gasteiger partial charge in [0, 0.05) is 6.54 Å². The predicted octanol–water partition coefficient (Wildman–Crippen LogP) is 2.94. The Labute approximate surface area is 163 Å². The van der Waals surface area contributed by atoms with Crippen LogP contribution >= 0.6 is 11.6 Å². The van der Waals surface area contributed by atoms with Crippen LogP contribution in [0.3, 0.4) is 0 Å². The van der Waals surface area contributed by atoms with Crippen molar-refractivity contribution >= 4 is 23.5 Å². The molecule has 0 heterocycles. The molecule has 0 aliphatic rings. The molecule has 0 aromatic heterocycles. The summed E-state index contributed by atoms with van der Waals surface area (Å²) < 4.78 is 15.3. The average molecular weight is 392 g/mol. The number of amides is 1. The van der Waals surface area contributed by atoms with Crippen LogP contribution in [-0.2, 0) is 20.7 Å². The van der Waals surface area contributed by atoms with Gasteiger partial charge in [0.15, 0.2) is 13.2 Å². The van der Waals surface area contributed by atoms with Gasteiger partial charge >= 0.3 is 5.97 Å². The number of carbonyl (C=O) groups is 2. The average Bonchev–Trinajstić information content (AvgIpc) is 2.67. The predicted molar refractivity (Wildman–Crippen MR) is 102 cm³/mol. The Morgan fingerprint density at radius 3 is 2.52 bits per heavy atom. The molecule has 1 N–H and O–H groups in total. The van der Waals surface area contributed by atoms with E-state index in [-0.39, 0.29) is 19.1 Å². The lowest BCUT2D eigenvalue weighted by molar-refractivity contribution is -0.150. The Kier molecular flexibility index (Phi) is 7.95. The van der Waals surface area contributed by atoms with Crippen LogP contribution in [0.5, 0.6) is 11.5 Å². The molecule has 0 spiro atoms. The number of hydrogen-bond acceptors (Lipinski definition) is 5. The van der Waals surface area contributed by atoms with E-state index in [1.807, 2.05) is 37.3 Å². The molecule has 0 fully saturated rings. The zero-order valence-corrected chi connectivity index (χ0v) is 16.0. The summed E-state index contributed by atoms with van der Waals surface area (Å²) in [5.74, 6) is 0.171. The van der Waals surface area contributed by atoms with Crippen molar-refractivity contribution in [3.8, 4) is 11.5 Å². The molecule has 7 heteroatoms. The molecule has 144 valence electrons. The molecule has 2 rings (SSSR count). The van der Waals surface area contributed by atoms with Gasteiger partial charge in [-0.05, 0) is 48.7 Å². The summed E-state index contributed by atoms with van der Waals surface area (Å²) in [4.78, 5) is 23.4. The summed E-state index contributed by atoms with van der Waals surface area (Å²) in [6, 6.07) is 12.8. The zero-order valence-electron chi connectivity index (χ0n) is 15.3. The number of methoxy groups -OCH3 is 1. The van der Waals surface area contributed by atoms with E-state index in [1.54, 1.807) is 19.2 Å². The smallest absolute Gasteiger partial charge is 0.344 e. The molecule has 0 radical (unpaired) electrons. The van der Waals surface area contributed by atoms with Crippen LogP contribution in [0.25, 0.3) is 0 Å². The highest BCUT2D eigenvalue weighted by Gasteiger charge is 2.10. The number of aryl methyl sites for hydroxylation is 1. The van der Waals surface area contributed by atoms with Crippen molar-refractivity contribution in [3.05, 3.63) is 58.6 Å². The quantitative estimate of drug-likeness (QED) is 0.665. The Balaban J connectivity index is 1.64. The van der Waals surface area contributed by atoms with Crippen LogP contribution in [-0.4, -0.2) is 38.7 Å². The van der Waals surface area contributed by atoms with Crippen molar-refractivity contribution < 1.29 is 23.8 Å². The normalized spacial score (nSPS) is 10.2. The van der Waals surface area contributed by atoms with Gasteiger partial charge in [0.05, 0.1) is 12.1 Å². The summed E-state index contributed by atoms with van der Waals surface area (Å²) in [7, 11) is 1.61. The second-order valence-corrected chi connectivity index (χ2v) is 6.24. The monoisotopic (exact) mass is 391 g/mol. The third-order valence-corrected chi connectivity index (χ3v) is 4.00. The van der Waals surface area contributed by atoms with Crippen molar-refractivity contribution in [3.63, 3.8) is 0 Å². The zero-order chi connectivity index (χ0) is 19.6. The first-order valence-electron chi connectivity index (χ1n) is 8.42. The van der Waals surface area contributed by atoms with E-state index in [9.17, 15) is 9.59 Å². The molecular formula is C20H22ClNO5. The fourth-order valence-electron chi connectivity index (χ4n) is 2.24. The molecule has 0 bridgehead atoms. The highest BCUT2D eigenvalue weighted by atomic mass is 35.5. The number of nitrogens with one attached hydrogen (secondary N) is 1. The summed E-state index contributed by atoms with van der Waals surface area (Å²) >= 11 is 5.98. The molecule has 0 atom stereocenters. The largest absolute Gasteiger partial charge is 0.497 e. The van der Waals surface area contributed by atoms with Gasteiger partial charge < -0.3 is 19.5 Å². The summed E-state index contributed by atoms with van der Waals surface area (Å²) in [6.07, 6.45) is 0.665. The van der Waals surface area contributed by atoms with E-state index in [1.165, 1.54) is 0 Å². The molecule has 1 amide bonds. The van der Waals surface area contributed by atoms with Crippen LogP contribution in [0.1, 0.15) is 11.1 Å². The van der Waals surface area contributed by atoms with Gasteiger partial charge in [0.25, 0.3) is 5.91 Å². The molecule has 6 nitrogen and oxygen atoms in total. The summed E-state index contributed by atoms with van der Waals surface area (Å²) in [5, 5.41) is 3.10. The molecule has 0 saturated heterocycles. The van der Waals surface area contributed by atoms with E-state index >= 15 is 0 Å². The fourth-order valence-corrected chi connectivity index (χ4v) is 2.41. The number of esters is 1. The maximum Gasteiger partial charge on any atom is 0.344 e. The maximum absolute atomic E-state index is 11.7. The topological polar surface area (TPSA) is 73.9 Å². The number of halogens is 1. The first kappa shape index (κ1) is 20.6. The Hall–Kier alpha value is -2.73. The minimum atomic E-state index is -0.641. The fraction of sp³-hybridized carbons (Fsp3) is 0.300. The van der Waals surface area contributed by atoms with Gasteiger partial charge in [0.1, 0.15) is 11.5 Å². The van der Waals surface area contributed by atoms with Gasteiger partial charge in [-0.3, -0.25) is 4.79 Å². The van der Waals surface area contributed by atoms with Crippen LogP contribution in [0.15, 0.2) is 42.5 Å². The minimum Gasteiger partial charge on any atom is -0.497 e. The van der Waals surface area contributed by atoms with E-state index < -0.39 is 5.97 Å². The third-order valence-electron chi connectivity index (χ3n) is 3.69. The van der Waals surface area contributed by atoms with Crippen molar-refractivity contribution in [1.29, 1.82) is 0 Å². The highest BCUT2D eigenvalue weighted by molar-refractivity contribution is 6.32. The molecule has 0 saturated carbocycles. The SMILES string of the molecule is COc1ccc(CCNC(=O)COC(=O)COc2cc(C)ccc2Cl)cc1. The van der Waals surface area contributed by atoms with Crippen molar-refractivity contribution in [1.82, 2.24) is 5.32 Å². The van der Waals surface area contributed by atoms with Crippen LogP contribution in [0.4, 0.5) is 0 Å². The van der Waals surface area contributed by atoms with Gasteiger partial charge in [-0.2, -0.15) is 0 Å². The van der Waals surface area contributed by atoms with Crippen LogP contribution < -0.4 is 14.8 Å². The second-order valence-electron chi connectivity index (χ2n) is 5.83. The van der Waals surface area contributed by atoms with E-state index in [2.05, 4.69) is 5.32 Å². The number of carbonyl (C=O) groups excluding carboxylic acids is 2. The summed E-state index contributed by atoms with van der Waals surface area (Å²) in [6.45, 7) is 1.66. The molecular weight excluding hydrogens is 370 g/mol.